The van der Waals surface area contributed by atoms with E-state index in [1.165, 1.54) is 17.0 Å². The number of benzene rings is 2. The number of ether oxygens (including phenoxy) is 1. The number of esters is 1. The number of carbonyl (C=O) groups excluding carboxylic acids is 1. The van der Waals surface area contributed by atoms with Crippen LogP contribution in [-0.4, -0.2) is 15.7 Å². The number of rotatable bonds is 4. The molecule has 0 atom stereocenters. The standard InChI is InChI=1S/C20H12Cl2N2O3/c21-15-9-8-14(11-16(15)22)24-19(27-20(25)18-7-4-10-26-18)12-17(23-24)13-5-2-1-3-6-13/h1-12H. The second kappa shape index (κ2) is 7.31. The zero-order valence-electron chi connectivity index (χ0n) is 13.8. The van der Waals surface area contributed by atoms with E-state index in [0.717, 1.165) is 5.56 Å². The predicted octanol–water partition coefficient (Wildman–Crippen LogP) is 5.66. The molecule has 0 aliphatic carbocycles. The van der Waals surface area contributed by atoms with E-state index in [4.69, 9.17) is 32.4 Å². The second-order valence-corrected chi connectivity index (χ2v) is 6.43. The van der Waals surface area contributed by atoms with Crippen molar-refractivity contribution in [1.29, 1.82) is 0 Å². The molecule has 0 unspecified atom stereocenters. The Labute approximate surface area is 164 Å². The van der Waals surface area contributed by atoms with Crippen LogP contribution >= 0.6 is 23.2 Å². The number of nitrogens with zero attached hydrogens (tertiary/aromatic N) is 2. The maximum atomic E-state index is 12.3. The first-order chi connectivity index (χ1) is 13.1. The molecule has 0 saturated carbocycles. The number of aromatic nitrogens is 2. The third-order valence-electron chi connectivity index (χ3n) is 3.81. The Bertz CT molecular complexity index is 1090. The van der Waals surface area contributed by atoms with Gasteiger partial charge in [0, 0.05) is 11.6 Å². The van der Waals surface area contributed by atoms with E-state index >= 15 is 0 Å². The molecule has 27 heavy (non-hydrogen) atoms. The molecule has 2 heterocycles. The molecule has 0 saturated heterocycles. The molecule has 0 amide bonds. The van der Waals surface area contributed by atoms with Crippen LogP contribution in [0.5, 0.6) is 5.88 Å². The molecular weight excluding hydrogens is 387 g/mol. The van der Waals surface area contributed by atoms with Crippen molar-refractivity contribution in [2.24, 2.45) is 0 Å². The van der Waals surface area contributed by atoms with E-state index in [-0.39, 0.29) is 11.6 Å². The number of halogens is 2. The third kappa shape index (κ3) is 3.60. The van der Waals surface area contributed by atoms with Gasteiger partial charge in [-0.15, -0.1) is 0 Å². The number of hydrogen-bond acceptors (Lipinski definition) is 4. The minimum Gasteiger partial charge on any atom is -0.457 e. The summed E-state index contributed by atoms with van der Waals surface area (Å²) in [5.41, 5.74) is 2.13. The smallest absolute Gasteiger partial charge is 0.380 e. The summed E-state index contributed by atoms with van der Waals surface area (Å²) in [7, 11) is 0. The lowest BCUT2D eigenvalue weighted by molar-refractivity contribution is 0.0689. The summed E-state index contributed by atoms with van der Waals surface area (Å²) >= 11 is 12.1. The summed E-state index contributed by atoms with van der Waals surface area (Å²) in [5, 5.41) is 5.35. The lowest BCUT2D eigenvalue weighted by Gasteiger charge is -2.08. The van der Waals surface area contributed by atoms with E-state index in [0.29, 0.717) is 21.4 Å². The lowest BCUT2D eigenvalue weighted by atomic mass is 10.2. The molecule has 2 aromatic heterocycles. The molecule has 7 heteroatoms. The molecule has 2 aromatic carbocycles. The van der Waals surface area contributed by atoms with Crippen molar-refractivity contribution in [1.82, 2.24) is 9.78 Å². The van der Waals surface area contributed by atoms with Gasteiger partial charge in [0.2, 0.25) is 11.6 Å². The molecule has 0 aliphatic rings. The zero-order chi connectivity index (χ0) is 18.8. The van der Waals surface area contributed by atoms with Gasteiger partial charge in [-0.1, -0.05) is 53.5 Å². The van der Waals surface area contributed by atoms with Crippen LogP contribution in [0.1, 0.15) is 10.6 Å². The van der Waals surface area contributed by atoms with Crippen molar-refractivity contribution in [2.45, 2.75) is 0 Å². The molecule has 0 N–H and O–H groups in total. The van der Waals surface area contributed by atoms with Crippen LogP contribution in [0.15, 0.2) is 77.4 Å². The Morgan fingerprint density at radius 3 is 2.48 bits per heavy atom. The summed E-state index contributed by atoms with van der Waals surface area (Å²) in [6, 6.07) is 19.4. The van der Waals surface area contributed by atoms with Crippen LogP contribution in [-0.2, 0) is 0 Å². The Hall–Kier alpha value is -3.02. The molecule has 0 radical (unpaired) electrons. The van der Waals surface area contributed by atoms with Gasteiger partial charge in [0.15, 0.2) is 0 Å². The highest BCUT2D eigenvalue weighted by molar-refractivity contribution is 6.42. The monoisotopic (exact) mass is 398 g/mol. The number of hydrogen-bond donors (Lipinski definition) is 0. The normalized spacial score (nSPS) is 10.7. The minimum atomic E-state index is -0.624. The van der Waals surface area contributed by atoms with E-state index in [9.17, 15) is 4.79 Å². The van der Waals surface area contributed by atoms with E-state index < -0.39 is 5.97 Å². The molecule has 4 rings (SSSR count). The summed E-state index contributed by atoms with van der Waals surface area (Å²) in [6.07, 6.45) is 1.41. The van der Waals surface area contributed by atoms with Gasteiger partial charge in [-0.3, -0.25) is 0 Å². The SMILES string of the molecule is O=C(Oc1cc(-c2ccccc2)nn1-c1ccc(Cl)c(Cl)c1)c1ccco1. The molecule has 0 aliphatic heterocycles. The van der Waals surface area contributed by atoms with Crippen LogP contribution in [0, 0.1) is 0 Å². The fraction of sp³-hybridized carbons (Fsp3) is 0. The summed E-state index contributed by atoms with van der Waals surface area (Å²) in [5.74, 6) is -0.299. The maximum Gasteiger partial charge on any atom is 0.380 e. The summed E-state index contributed by atoms with van der Waals surface area (Å²) < 4.78 is 12.1. The van der Waals surface area contributed by atoms with Gasteiger partial charge in [0.1, 0.15) is 0 Å². The molecule has 0 bridgehead atoms. The zero-order valence-corrected chi connectivity index (χ0v) is 15.3. The molecule has 5 nitrogen and oxygen atoms in total. The first-order valence-electron chi connectivity index (χ1n) is 7.98. The number of carbonyl (C=O) groups is 1. The molecule has 0 fully saturated rings. The van der Waals surface area contributed by atoms with Gasteiger partial charge < -0.3 is 9.15 Å². The van der Waals surface area contributed by atoms with Crippen molar-refractivity contribution in [3.05, 3.63) is 88.8 Å². The second-order valence-electron chi connectivity index (χ2n) is 5.61. The average Bonchev–Trinajstić information content (AvgIpc) is 3.35. The van der Waals surface area contributed by atoms with Crippen molar-refractivity contribution in [2.75, 3.05) is 0 Å². The Morgan fingerprint density at radius 1 is 0.963 bits per heavy atom. The van der Waals surface area contributed by atoms with Crippen LogP contribution in [0.25, 0.3) is 16.9 Å². The Balaban J connectivity index is 1.78. The predicted molar refractivity (Wildman–Crippen MR) is 103 cm³/mol. The highest BCUT2D eigenvalue weighted by atomic mass is 35.5. The van der Waals surface area contributed by atoms with E-state index in [1.807, 2.05) is 30.3 Å². The van der Waals surface area contributed by atoms with Gasteiger partial charge in [-0.25, -0.2) is 4.79 Å². The summed E-state index contributed by atoms with van der Waals surface area (Å²) in [4.78, 5) is 12.3. The molecule has 0 spiro atoms. The van der Waals surface area contributed by atoms with E-state index in [2.05, 4.69) is 5.10 Å². The van der Waals surface area contributed by atoms with Crippen LogP contribution in [0.2, 0.25) is 10.0 Å². The first-order valence-corrected chi connectivity index (χ1v) is 8.74. The molecular formula is C20H12Cl2N2O3. The fourth-order valence-corrected chi connectivity index (χ4v) is 2.82. The lowest BCUT2D eigenvalue weighted by Crippen LogP contribution is -2.11. The molecule has 4 aromatic rings. The maximum absolute atomic E-state index is 12.3. The average molecular weight is 399 g/mol. The van der Waals surface area contributed by atoms with Crippen molar-refractivity contribution in [3.63, 3.8) is 0 Å². The largest absolute Gasteiger partial charge is 0.457 e. The van der Waals surface area contributed by atoms with Crippen LogP contribution in [0.4, 0.5) is 0 Å². The first kappa shape index (κ1) is 17.4. The Morgan fingerprint density at radius 2 is 1.78 bits per heavy atom. The van der Waals surface area contributed by atoms with Crippen LogP contribution in [0.3, 0.4) is 0 Å². The minimum absolute atomic E-state index is 0.0955. The topological polar surface area (TPSA) is 57.3 Å². The fourth-order valence-electron chi connectivity index (χ4n) is 2.53. The van der Waals surface area contributed by atoms with E-state index in [1.54, 1.807) is 30.3 Å². The highest BCUT2D eigenvalue weighted by Crippen LogP contribution is 2.30. The van der Waals surface area contributed by atoms with Gasteiger partial charge >= 0.3 is 5.97 Å². The van der Waals surface area contributed by atoms with Crippen molar-refractivity contribution >= 4 is 29.2 Å². The van der Waals surface area contributed by atoms with Gasteiger partial charge in [-0.2, -0.15) is 9.78 Å². The Kier molecular flexibility index (Phi) is 4.71. The van der Waals surface area contributed by atoms with Gasteiger partial charge in [-0.05, 0) is 30.3 Å². The van der Waals surface area contributed by atoms with Crippen LogP contribution < -0.4 is 4.74 Å². The van der Waals surface area contributed by atoms with Gasteiger partial charge in [0.25, 0.3) is 0 Å². The van der Waals surface area contributed by atoms with Gasteiger partial charge in [0.05, 0.1) is 27.7 Å². The third-order valence-corrected chi connectivity index (χ3v) is 4.55. The highest BCUT2D eigenvalue weighted by Gasteiger charge is 2.19. The van der Waals surface area contributed by atoms with Crippen molar-refractivity contribution in [3.8, 4) is 22.8 Å². The number of furan rings is 1. The summed E-state index contributed by atoms with van der Waals surface area (Å²) in [6.45, 7) is 0. The quantitative estimate of drug-likeness (QED) is 0.416. The van der Waals surface area contributed by atoms with Crippen molar-refractivity contribution < 1.29 is 13.9 Å². The molecule has 134 valence electrons.